The molecule has 0 radical (unpaired) electrons. The Labute approximate surface area is 144 Å². The first kappa shape index (κ1) is 22.2. The lowest BCUT2D eigenvalue weighted by molar-refractivity contribution is 0.235. The Morgan fingerprint density at radius 1 is 0.913 bits per heavy atom. The minimum atomic E-state index is -0.177. The Bertz CT molecular complexity index is 287. The van der Waals surface area contributed by atoms with Gasteiger partial charge in [0.05, 0.1) is 0 Å². The van der Waals surface area contributed by atoms with Crippen LogP contribution in [0.1, 0.15) is 91.9 Å². The van der Waals surface area contributed by atoms with Crippen LogP contribution in [0.2, 0.25) is 0 Å². The van der Waals surface area contributed by atoms with E-state index in [0.29, 0.717) is 19.0 Å². The highest BCUT2D eigenvalue weighted by Gasteiger charge is 2.24. The molecule has 0 spiro atoms. The summed E-state index contributed by atoms with van der Waals surface area (Å²) in [4.78, 5) is 11.4. The summed E-state index contributed by atoms with van der Waals surface area (Å²) in [6, 6.07) is -0.0758. The maximum atomic E-state index is 11.4. The van der Waals surface area contributed by atoms with Gasteiger partial charge in [-0.05, 0) is 39.5 Å². The Hall–Kier alpha value is -0.770. The molecule has 0 heterocycles. The van der Waals surface area contributed by atoms with Gasteiger partial charge >= 0.3 is 6.03 Å². The molecule has 0 rings (SSSR count). The van der Waals surface area contributed by atoms with Crippen molar-refractivity contribution in [1.82, 2.24) is 10.6 Å². The van der Waals surface area contributed by atoms with Gasteiger partial charge in [0.1, 0.15) is 0 Å². The second kappa shape index (κ2) is 13.6. The first-order valence-corrected chi connectivity index (χ1v) is 9.72. The second-order valence-corrected chi connectivity index (χ2v) is 7.36. The van der Waals surface area contributed by atoms with Crippen LogP contribution < -0.4 is 16.4 Å². The molecule has 0 aliphatic rings. The smallest absolute Gasteiger partial charge is 0.314 e. The van der Waals surface area contributed by atoms with Crippen molar-refractivity contribution in [2.45, 2.75) is 97.4 Å². The Kier molecular flexibility index (Phi) is 13.2. The molecule has 138 valence electrons. The highest BCUT2D eigenvalue weighted by atomic mass is 16.2. The van der Waals surface area contributed by atoms with Gasteiger partial charge < -0.3 is 16.4 Å². The fraction of sp³-hybridized carbons (Fsp3) is 0.947. The minimum Gasteiger partial charge on any atom is -0.338 e. The predicted octanol–water partition coefficient (Wildman–Crippen LogP) is 4.58. The van der Waals surface area contributed by atoms with Gasteiger partial charge in [-0.1, -0.05) is 58.3 Å². The normalized spacial score (nSPS) is 12.9. The SMILES string of the molecule is CCCCCCCCCCC(CCNC(=O)NCC)C(C)(C)N. The Morgan fingerprint density at radius 3 is 2.00 bits per heavy atom. The minimum absolute atomic E-state index is 0.0758. The number of amides is 2. The van der Waals surface area contributed by atoms with E-state index in [4.69, 9.17) is 5.73 Å². The van der Waals surface area contributed by atoms with Gasteiger partial charge in [-0.15, -0.1) is 0 Å². The van der Waals surface area contributed by atoms with Gasteiger partial charge in [0.15, 0.2) is 0 Å². The molecule has 4 nitrogen and oxygen atoms in total. The highest BCUT2D eigenvalue weighted by Crippen LogP contribution is 2.24. The molecular weight excluding hydrogens is 286 g/mol. The van der Waals surface area contributed by atoms with Crippen molar-refractivity contribution < 1.29 is 4.79 Å². The molecule has 4 heteroatoms. The second-order valence-electron chi connectivity index (χ2n) is 7.36. The summed E-state index contributed by atoms with van der Waals surface area (Å²) in [6.07, 6.45) is 12.9. The first-order valence-electron chi connectivity index (χ1n) is 9.72. The largest absolute Gasteiger partial charge is 0.338 e. The zero-order valence-electron chi connectivity index (χ0n) is 16.0. The van der Waals surface area contributed by atoms with Crippen LogP contribution in [0, 0.1) is 5.92 Å². The third-order valence-corrected chi connectivity index (χ3v) is 4.57. The summed E-state index contributed by atoms with van der Waals surface area (Å²) in [5.41, 5.74) is 6.15. The number of carbonyl (C=O) groups is 1. The topological polar surface area (TPSA) is 67.2 Å². The van der Waals surface area contributed by atoms with E-state index in [1.165, 1.54) is 51.4 Å². The number of nitrogens with one attached hydrogen (secondary N) is 2. The van der Waals surface area contributed by atoms with E-state index in [2.05, 4.69) is 31.4 Å². The average Bonchev–Trinajstić information content (AvgIpc) is 2.47. The van der Waals surface area contributed by atoms with Crippen LogP contribution >= 0.6 is 0 Å². The van der Waals surface area contributed by atoms with E-state index < -0.39 is 0 Å². The van der Waals surface area contributed by atoms with Crippen LogP contribution in [0.15, 0.2) is 0 Å². The molecule has 0 aliphatic carbocycles. The molecule has 4 N–H and O–H groups in total. The van der Waals surface area contributed by atoms with E-state index in [-0.39, 0.29) is 11.6 Å². The van der Waals surface area contributed by atoms with Gasteiger partial charge in [0, 0.05) is 18.6 Å². The Morgan fingerprint density at radius 2 is 1.48 bits per heavy atom. The van der Waals surface area contributed by atoms with E-state index in [1.54, 1.807) is 0 Å². The summed E-state index contributed by atoms with van der Waals surface area (Å²) in [7, 11) is 0. The summed E-state index contributed by atoms with van der Waals surface area (Å²) >= 11 is 0. The molecule has 23 heavy (non-hydrogen) atoms. The molecule has 1 atom stereocenters. The van der Waals surface area contributed by atoms with Crippen molar-refractivity contribution in [2.75, 3.05) is 13.1 Å². The van der Waals surface area contributed by atoms with Crippen molar-refractivity contribution in [3.8, 4) is 0 Å². The molecule has 0 aromatic heterocycles. The molecule has 0 aromatic rings. The molecular formula is C19H41N3O. The monoisotopic (exact) mass is 327 g/mol. The molecule has 0 saturated carbocycles. The zero-order chi connectivity index (χ0) is 17.6. The molecule has 0 aliphatic heterocycles. The fourth-order valence-corrected chi connectivity index (χ4v) is 3.00. The Balaban J connectivity index is 3.83. The summed E-state index contributed by atoms with van der Waals surface area (Å²) < 4.78 is 0. The molecule has 0 fully saturated rings. The van der Waals surface area contributed by atoms with E-state index >= 15 is 0 Å². The molecule has 0 saturated heterocycles. The number of unbranched alkanes of at least 4 members (excludes halogenated alkanes) is 7. The number of nitrogens with two attached hydrogens (primary N) is 1. The quantitative estimate of drug-likeness (QED) is 0.409. The summed E-state index contributed by atoms with van der Waals surface area (Å²) in [5, 5.41) is 5.67. The van der Waals surface area contributed by atoms with Gasteiger partial charge in [-0.25, -0.2) is 4.79 Å². The number of hydrogen-bond donors (Lipinski definition) is 3. The van der Waals surface area contributed by atoms with E-state index in [0.717, 1.165) is 12.8 Å². The molecule has 0 aromatic carbocycles. The van der Waals surface area contributed by atoms with E-state index in [1.807, 2.05) is 6.92 Å². The average molecular weight is 328 g/mol. The molecule has 0 bridgehead atoms. The van der Waals surface area contributed by atoms with Gasteiger partial charge in [0.25, 0.3) is 0 Å². The van der Waals surface area contributed by atoms with Crippen molar-refractivity contribution in [2.24, 2.45) is 11.7 Å². The van der Waals surface area contributed by atoms with Crippen molar-refractivity contribution in [3.05, 3.63) is 0 Å². The van der Waals surface area contributed by atoms with Gasteiger partial charge in [-0.2, -0.15) is 0 Å². The summed E-state index contributed by atoms with van der Waals surface area (Å²) in [6.45, 7) is 9.76. The number of rotatable bonds is 14. The van der Waals surface area contributed by atoms with Crippen LogP contribution in [-0.4, -0.2) is 24.7 Å². The van der Waals surface area contributed by atoms with E-state index in [9.17, 15) is 4.79 Å². The lowest BCUT2D eigenvalue weighted by Crippen LogP contribution is -2.43. The first-order chi connectivity index (χ1) is 10.9. The maximum absolute atomic E-state index is 11.4. The van der Waals surface area contributed by atoms with Crippen molar-refractivity contribution in [3.63, 3.8) is 0 Å². The van der Waals surface area contributed by atoms with Crippen LogP contribution in [0.25, 0.3) is 0 Å². The highest BCUT2D eigenvalue weighted by molar-refractivity contribution is 5.73. The maximum Gasteiger partial charge on any atom is 0.314 e. The lowest BCUT2D eigenvalue weighted by Gasteiger charge is -2.31. The third kappa shape index (κ3) is 13.4. The number of urea groups is 1. The lowest BCUT2D eigenvalue weighted by atomic mass is 9.82. The standard InChI is InChI=1S/C19H41N3O/c1-5-7-8-9-10-11-12-13-14-17(19(3,4)20)15-16-22-18(23)21-6-2/h17H,5-16,20H2,1-4H3,(H2,21,22,23). The molecule has 2 amide bonds. The van der Waals surface area contributed by atoms with Crippen LogP contribution in [0.5, 0.6) is 0 Å². The van der Waals surface area contributed by atoms with Crippen LogP contribution in [0.4, 0.5) is 4.79 Å². The number of hydrogen-bond acceptors (Lipinski definition) is 2. The van der Waals surface area contributed by atoms with Crippen molar-refractivity contribution >= 4 is 6.03 Å². The van der Waals surface area contributed by atoms with Gasteiger partial charge in [-0.3, -0.25) is 0 Å². The fourth-order valence-electron chi connectivity index (χ4n) is 3.00. The van der Waals surface area contributed by atoms with Crippen molar-refractivity contribution in [1.29, 1.82) is 0 Å². The number of carbonyl (C=O) groups excluding carboxylic acids is 1. The third-order valence-electron chi connectivity index (χ3n) is 4.57. The zero-order valence-corrected chi connectivity index (χ0v) is 16.0. The van der Waals surface area contributed by atoms with Crippen LogP contribution in [0.3, 0.4) is 0 Å². The molecule has 1 unspecified atom stereocenters. The van der Waals surface area contributed by atoms with Gasteiger partial charge in [0.2, 0.25) is 0 Å². The predicted molar refractivity (Wildman–Crippen MR) is 101 cm³/mol. The van der Waals surface area contributed by atoms with Crippen LogP contribution in [-0.2, 0) is 0 Å². The summed E-state index contributed by atoms with van der Waals surface area (Å²) in [5.74, 6) is 0.463.